The fourth-order valence-corrected chi connectivity index (χ4v) is 3.35. The molecule has 24 heavy (non-hydrogen) atoms. The molecule has 1 fully saturated rings. The molecule has 0 N–H and O–H groups in total. The number of hydrogen-bond acceptors (Lipinski definition) is 6. The fraction of sp³-hybridized carbons (Fsp3) is 0.294. The molecule has 2 aromatic heterocycles. The Balaban J connectivity index is 1.64. The zero-order valence-corrected chi connectivity index (χ0v) is 13.8. The highest BCUT2D eigenvalue weighted by Crippen LogP contribution is 2.39. The van der Waals surface area contributed by atoms with Crippen molar-refractivity contribution < 1.29 is 4.52 Å². The minimum absolute atomic E-state index is 0.0604. The van der Waals surface area contributed by atoms with Gasteiger partial charge in [0.1, 0.15) is 0 Å². The molecular formula is C17H16N4O2S. The van der Waals surface area contributed by atoms with Crippen LogP contribution in [0.5, 0.6) is 0 Å². The minimum atomic E-state index is -0.0604. The molecule has 1 aromatic carbocycles. The van der Waals surface area contributed by atoms with Crippen molar-refractivity contribution in [3.63, 3.8) is 0 Å². The Kier molecular flexibility index (Phi) is 3.93. The summed E-state index contributed by atoms with van der Waals surface area (Å²) in [6.07, 6.45) is 3.95. The zero-order chi connectivity index (χ0) is 16.5. The lowest BCUT2D eigenvalue weighted by Crippen LogP contribution is -2.22. The van der Waals surface area contributed by atoms with E-state index in [1.54, 1.807) is 16.7 Å². The van der Waals surface area contributed by atoms with Gasteiger partial charge < -0.3 is 4.52 Å². The molecule has 6 nitrogen and oxygen atoms in total. The number of aromatic nitrogens is 4. The van der Waals surface area contributed by atoms with E-state index in [9.17, 15) is 4.79 Å². The van der Waals surface area contributed by atoms with Gasteiger partial charge in [0.05, 0.1) is 16.7 Å². The van der Waals surface area contributed by atoms with Gasteiger partial charge in [-0.1, -0.05) is 35.1 Å². The number of allylic oxidation sites excluding steroid dienone is 1. The van der Waals surface area contributed by atoms with E-state index in [0.29, 0.717) is 40.1 Å². The number of benzene rings is 1. The van der Waals surface area contributed by atoms with E-state index in [-0.39, 0.29) is 5.56 Å². The lowest BCUT2D eigenvalue weighted by molar-refractivity contribution is 0.375. The van der Waals surface area contributed by atoms with Crippen LogP contribution in [-0.2, 0) is 12.3 Å². The first-order valence-electron chi connectivity index (χ1n) is 7.82. The number of hydrogen-bond donors (Lipinski definition) is 0. The van der Waals surface area contributed by atoms with Gasteiger partial charge >= 0.3 is 0 Å². The standard InChI is InChI=1S/C17H16N4O2S/c1-2-9-21-16(22)12-5-3-4-6-13(12)18-17(21)24-10-14-19-15(23-20-14)11-7-8-11/h2-6,11H,1,7-10H2. The van der Waals surface area contributed by atoms with Gasteiger partial charge in [0.2, 0.25) is 5.89 Å². The summed E-state index contributed by atoms with van der Waals surface area (Å²) in [6.45, 7) is 4.15. The molecule has 0 saturated heterocycles. The highest BCUT2D eigenvalue weighted by Gasteiger charge is 2.29. The summed E-state index contributed by atoms with van der Waals surface area (Å²) < 4.78 is 6.90. The SMILES string of the molecule is C=CCn1c(SCc2noc(C3CC3)n2)nc2ccccc2c1=O. The van der Waals surface area contributed by atoms with Gasteiger partial charge in [0.25, 0.3) is 5.56 Å². The van der Waals surface area contributed by atoms with Gasteiger partial charge in [-0.05, 0) is 25.0 Å². The maximum atomic E-state index is 12.7. The molecule has 1 saturated carbocycles. The molecule has 1 aliphatic carbocycles. The molecule has 4 rings (SSSR count). The van der Waals surface area contributed by atoms with Crippen molar-refractivity contribution in [3.05, 3.63) is 59.0 Å². The van der Waals surface area contributed by atoms with Crippen molar-refractivity contribution in [1.82, 2.24) is 19.7 Å². The first-order chi connectivity index (χ1) is 11.8. The number of rotatable bonds is 6. The van der Waals surface area contributed by atoms with E-state index in [2.05, 4.69) is 21.7 Å². The molecule has 0 spiro atoms. The Labute approximate surface area is 142 Å². The third kappa shape index (κ3) is 2.87. The number of fused-ring (bicyclic) bond motifs is 1. The molecule has 0 atom stereocenters. The molecule has 0 amide bonds. The summed E-state index contributed by atoms with van der Waals surface area (Å²) in [7, 11) is 0. The van der Waals surface area contributed by atoms with Gasteiger partial charge in [-0.2, -0.15) is 4.98 Å². The van der Waals surface area contributed by atoms with Gasteiger partial charge in [0.15, 0.2) is 11.0 Å². The Morgan fingerprint density at radius 2 is 2.17 bits per heavy atom. The molecule has 7 heteroatoms. The van der Waals surface area contributed by atoms with Crippen molar-refractivity contribution in [2.24, 2.45) is 0 Å². The number of thioether (sulfide) groups is 1. The largest absolute Gasteiger partial charge is 0.339 e. The Hall–Kier alpha value is -2.41. The lowest BCUT2D eigenvalue weighted by atomic mass is 10.2. The fourth-order valence-electron chi connectivity index (χ4n) is 2.50. The summed E-state index contributed by atoms with van der Waals surface area (Å²) in [5.41, 5.74) is 0.631. The van der Waals surface area contributed by atoms with Gasteiger partial charge in [-0.15, -0.1) is 6.58 Å². The molecule has 3 aromatic rings. The molecule has 1 aliphatic rings. The van der Waals surface area contributed by atoms with Crippen LogP contribution < -0.4 is 5.56 Å². The van der Waals surface area contributed by atoms with E-state index < -0.39 is 0 Å². The van der Waals surface area contributed by atoms with Crippen molar-refractivity contribution in [3.8, 4) is 0 Å². The molecule has 0 bridgehead atoms. The summed E-state index contributed by atoms with van der Waals surface area (Å²) >= 11 is 1.43. The lowest BCUT2D eigenvalue weighted by Gasteiger charge is -2.10. The highest BCUT2D eigenvalue weighted by molar-refractivity contribution is 7.98. The topological polar surface area (TPSA) is 73.8 Å². The third-order valence-electron chi connectivity index (χ3n) is 3.88. The summed E-state index contributed by atoms with van der Waals surface area (Å²) in [5, 5.41) is 5.26. The molecule has 0 unspecified atom stereocenters. The number of nitrogens with zero attached hydrogens (tertiary/aromatic N) is 4. The predicted molar refractivity (Wildman–Crippen MR) is 92.0 cm³/mol. The third-order valence-corrected chi connectivity index (χ3v) is 4.85. The van der Waals surface area contributed by atoms with E-state index in [1.165, 1.54) is 11.8 Å². The first-order valence-corrected chi connectivity index (χ1v) is 8.80. The molecule has 2 heterocycles. The minimum Gasteiger partial charge on any atom is -0.339 e. The predicted octanol–water partition coefficient (Wildman–Crippen LogP) is 3.14. The Morgan fingerprint density at radius 1 is 1.33 bits per heavy atom. The van der Waals surface area contributed by atoms with Gasteiger partial charge in [-0.25, -0.2) is 4.98 Å². The van der Waals surface area contributed by atoms with Gasteiger partial charge in [-0.3, -0.25) is 9.36 Å². The monoisotopic (exact) mass is 340 g/mol. The average molecular weight is 340 g/mol. The maximum absolute atomic E-state index is 12.7. The Morgan fingerprint density at radius 3 is 2.96 bits per heavy atom. The van der Waals surface area contributed by atoms with Crippen LogP contribution in [0.1, 0.15) is 30.5 Å². The van der Waals surface area contributed by atoms with E-state index in [0.717, 1.165) is 18.7 Å². The van der Waals surface area contributed by atoms with Crippen molar-refractivity contribution in [2.75, 3.05) is 0 Å². The van der Waals surface area contributed by atoms with Crippen LogP contribution >= 0.6 is 11.8 Å². The van der Waals surface area contributed by atoms with E-state index in [4.69, 9.17) is 4.52 Å². The van der Waals surface area contributed by atoms with Crippen LogP contribution in [0.25, 0.3) is 10.9 Å². The smallest absolute Gasteiger partial charge is 0.262 e. The quantitative estimate of drug-likeness (QED) is 0.390. The second-order valence-corrected chi connectivity index (χ2v) is 6.67. The molecule has 0 radical (unpaired) electrons. The highest BCUT2D eigenvalue weighted by atomic mass is 32.2. The zero-order valence-electron chi connectivity index (χ0n) is 13.0. The van der Waals surface area contributed by atoms with Crippen LogP contribution in [-0.4, -0.2) is 19.7 Å². The molecule has 122 valence electrons. The average Bonchev–Trinajstić information content (AvgIpc) is 3.35. The van der Waals surface area contributed by atoms with E-state index in [1.807, 2.05) is 18.2 Å². The maximum Gasteiger partial charge on any atom is 0.262 e. The first kappa shape index (κ1) is 15.1. The van der Waals surface area contributed by atoms with Crippen LogP contribution in [0.2, 0.25) is 0 Å². The number of para-hydroxylation sites is 1. The van der Waals surface area contributed by atoms with Crippen molar-refractivity contribution in [1.29, 1.82) is 0 Å². The van der Waals surface area contributed by atoms with Crippen molar-refractivity contribution >= 4 is 22.7 Å². The second kappa shape index (κ2) is 6.24. The molecular weight excluding hydrogens is 324 g/mol. The second-order valence-electron chi connectivity index (χ2n) is 5.73. The van der Waals surface area contributed by atoms with Gasteiger partial charge in [0, 0.05) is 12.5 Å². The van der Waals surface area contributed by atoms with Crippen molar-refractivity contribution in [2.45, 2.75) is 36.2 Å². The van der Waals surface area contributed by atoms with Crippen LogP contribution in [0.4, 0.5) is 0 Å². The molecule has 0 aliphatic heterocycles. The summed E-state index contributed by atoms with van der Waals surface area (Å²) in [5.74, 6) is 2.31. The normalized spacial score (nSPS) is 14.2. The van der Waals surface area contributed by atoms with E-state index >= 15 is 0 Å². The Bertz CT molecular complexity index is 959. The summed E-state index contributed by atoms with van der Waals surface area (Å²) in [4.78, 5) is 21.7. The van der Waals surface area contributed by atoms with Crippen LogP contribution in [0, 0.1) is 0 Å². The van der Waals surface area contributed by atoms with Crippen LogP contribution in [0.3, 0.4) is 0 Å². The van der Waals surface area contributed by atoms with Crippen LogP contribution in [0.15, 0.2) is 51.4 Å². The summed E-state index contributed by atoms with van der Waals surface area (Å²) in [6, 6.07) is 7.36.